The zero-order valence-electron chi connectivity index (χ0n) is 11.0. The van der Waals surface area contributed by atoms with Gasteiger partial charge in [0.1, 0.15) is 0 Å². The molecule has 100 valence electrons. The minimum Gasteiger partial charge on any atom is -0.345 e. The van der Waals surface area contributed by atoms with Crippen LogP contribution in [0.1, 0.15) is 28.8 Å². The minimum atomic E-state index is -0.126. The Morgan fingerprint density at radius 2 is 1.63 bits per heavy atom. The van der Waals surface area contributed by atoms with Gasteiger partial charge in [0, 0.05) is 32.5 Å². The first kappa shape index (κ1) is 13.3. The van der Waals surface area contributed by atoms with Crippen LogP contribution in [0.5, 0.6) is 0 Å². The second-order valence-corrected chi connectivity index (χ2v) is 4.77. The molecule has 5 heteroatoms. The maximum absolute atomic E-state index is 11.7. The second-order valence-electron chi connectivity index (χ2n) is 4.77. The SMILES string of the molecule is CN(C)C(=O)c1ccc(CN2C(=O)CCC2=O)cc1. The molecule has 0 atom stereocenters. The molecule has 0 saturated carbocycles. The third kappa shape index (κ3) is 2.81. The van der Waals surface area contributed by atoms with Crippen molar-refractivity contribution in [2.45, 2.75) is 19.4 Å². The molecule has 1 fully saturated rings. The van der Waals surface area contributed by atoms with Crippen molar-refractivity contribution in [3.05, 3.63) is 35.4 Å². The third-order valence-electron chi connectivity index (χ3n) is 3.10. The van der Waals surface area contributed by atoms with Crippen LogP contribution in [0.15, 0.2) is 24.3 Å². The first-order valence-corrected chi connectivity index (χ1v) is 6.13. The first-order chi connectivity index (χ1) is 8.99. The topological polar surface area (TPSA) is 57.7 Å². The van der Waals surface area contributed by atoms with Crippen molar-refractivity contribution in [1.29, 1.82) is 0 Å². The molecule has 2 rings (SSSR count). The van der Waals surface area contributed by atoms with Gasteiger partial charge in [0.25, 0.3) is 5.91 Å². The van der Waals surface area contributed by atoms with E-state index in [4.69, 9.17) is 0 Å². The van der Waals surface area contributed by atoms with Gasteiger partial charge in [-0.05, 0) is 17.7 Å². The Morgan fingerprint density at radius 1 is 1.11 bits per heavy atom. The number of carbonyl (C=O) groups is 3. The molecule has 1 heterocycles. The van der Waals surface area contributed by atoms with E-state index in [1.54, 1.807) is 38.4 Å². The Balaban J connectivity index is 2.09. The molecule has 1 saturated heterocycles. The molecule has 0 radical (unpaired) electrons. The summed E-state index contributed by atoms with van der Waals surface area (Å²) in [6.07, 6.45) is 0.603. The summed E-state index contributed by atoms with van der Waals surface area (Å²) in [5.74, 6) is -0.322. The normalized spacial score (nSPS) is 14.9. The van der Waals surface area contributed by atoms with E-state index in [0.29, 0.717) is 18.4 Å². The fourth-order valence-electron chi connectivity index (χ4n) is 1.99. The van der Waals surface area contributed by atoms with Crippen LogP contribution < -0.4 is 0 Å². The lowest BCUT2D eigenvalue weighted by Gasteiger charge is -2.14. The van der Waals surface area contributed by atoms with E-state index < -0.39 is 0 Å². The van der Waals surface area contributed by atoms with Crippen LogP contribution in [0, 0.1) is 0 Å². The van der Waals surface area contributed by atoms with Crippen LogP contribution in [0.25, 0.3) is 0 Å². The largest absolute Gasteiger partial charge is 0.345 e. The zero-order valence-corrected chi connectivity index (χ0v) is 11.0. The smallest absolute Gasteiger partial charge is 0.253 e. The highest BCUT2D eigenvalue weighted by atomic mass is 16.2. The van der Waals surface area contributed by atoms with Gasteiger partial charge in [-0.3, -0.25) is 19.3 Å². The monoisotopic (exact) mass is 260 g/mol. The standard InChI is InChI=1S/C14H16N2O3/c1-15(2)14(19)11-5-3-10(4-6-11)9-16-12(17)7-8-13(16)18/h3-6H,7-9H2,1-2H3. The highest BCUT2D eigenvalue weighted by molar-refractivity contribution is 6.01. The van der Waals surface area contributed by atoms with Crippen molar-refractivity contribution in [2.75, 3.05) is 14.1 Å². The van der Waals surface area contributed by atoms with Crippen molar-refractivity contribution in [3.8, 4) is 0 Å². The average molecular weight is 260 g/mol. The molecule has 0 spiro atoms. The van der Waals surface area contributed by atoms with Gasteiger partial charge < -0.3 is 4.90 Å². The number of imide groups is 1. The number of nitrogens with zero attached hydrogens (tertiary/aromatic N) is 2. The number of amides is 3. The number of hydrogen-bond donors (Lipinski definition) is 0. The summed E-state index contributed by atoms with van der Waals surface area (Å²) in [7, 11) is 3.38. The molecular formula is C14H16N2O3. The lowest BCUT2D eigenvalue weighted by atomic mass is 10.1. The highest BCUT2D eigenvalue weighted by Crippen LogP contribution is 2.16. The van der Waals surface area contributed by atoms with Gasteiger partial charge >= 0.3 is 0 Å². The molecule has 3 amide bonds. The lowest BCUT2D eigenvalue weighted by molar-refractivity contribution is -0.139. The van der Waals surface area contributed by atoms with Crippen molar-refractivity contribution in [3.63, 3.8) is 0 Å². The number of carbonyl (C=O) groups excluding carboxylic acids is 3. The Morgan fingerprint density at radius 3 is 2.11 bits per heavy atom. The number of hydrogen-bond acceptors (Lipinski definition) is 3. The Hall–Kier alpha value is -2.17. The molecule has 5 nitrogen and oxygen atoms in total. The number of benzene rings is 1. The van der Waals surface area contributed by atoms with Crippen molar-refractivity contribution in [1.82, 2.24) is 9.80 Å². The van der Waals surface area contributed by atoms with E-state index >= 15 is 0 Å². The quantitative estimate of drug-likeness (QED) is 0.763. The van der Waals surface area contributed by atoms with Gasteiger partial charge in [0.15, 0.2) is 0 Å². The average Bonchev–Trinajstić information content (AvgIpc) is 2.70. The lowest BCUT2D eigenvalue weighted by Crippen LogP contribution is -2.28. The van der Waals surface area contributed by atoms with Gasteiger partial charge in [-0.25, -0.2) is 0 Å². The zero-order chi connectivity index (χ0) is 14.0. The van der Waals surface area contributed by atoms with Crippen molar-refractivity contribution in [2.24, 2.45) is 0 Å². The van der Waals surface area contributed by atoms with Crippen LogP contribution in [0.4, 0.5) is 0 Å². The van der Waals surface area contributed by atoms with Gasteiger partial charge in [-0.1, -0.05) is 12.1 Å². The van der Waals surface area contributed by atoms with E-state index in [1.807, 2.05) is 0 Å². The Labute approximate surface area is 111 Å². The molecule has 0 N–H and O–H groups in total. The van der Waals surface area contributed by atoms with Gasteiger partial charge in [0.2, 0.25) is 11.8 Å². The molecule has 19 heavy (non-hydrogen) atoms. The molecule has 0 unspecified atom stereocenters. The predicted octanol–water partition coefficient (Wildman–Crippen LogP) is 1.04. The molecular weight excluding hydrogens is 244 g/mol. The maximum Gasteiger partial charge on any atom is 0.253 e. The summed E-state index contributed by atoms with van der Waals surface area (Å²) in [4.78, 5) is 37.5. The van der Waals surface area contributed by atoms with E-state index in [1.165, 1.54) is 9.80 Å². The number of rotatable bonds is 3. The predicted molar refractivity (Wildman–Crippen MR) is 69.3 cm³/mol. The summed E-state index contributed by atoms with van der Waals surface area (Å²) in [5, 5.41) is 0. The minimum absolute atomic E-state index is 0.0696. The van der Waals surface area contributed by atoms with Gasteiger partial charge in [-0.2, -0.15) is 0 Å². The molecule has 0 aliphatic carbocycles. The van der Waals surface area contributed by atoms with Gasteiger partial charge in [-0.15, -0.1) is 0 Å². The molecule has 1 aromatic rings. The van der Waals surface area contributed by atoms with Crippen LogP contribution in [0.3, 0.4) is 0 Å². The Kier molecular flexibility index (Phi) is 3.64. The van der Waals surface area contributed by atoms with E-state index in [9.17, 15) is 14.4 Å². The summed E-state index contributed by atoms with van der Waals surface area (Å²) < 4.78 is 0. The molecule has 1 aliphatic rings. The molecule has 0 bridgehead atoms. The molecule has 0 aromatic heterocycles. The van der Waals surface area contributed by atoms with Crippen LogP contribution in [-0.4, -0.2) is 41.6 Å². The van der Waals surface area contributed by atoms with E-state index in [-0.39, 0.29) is 24.3 Å². The van der Waals surface area contributed by atoms with Crippen LogP contribution in [-0.2, 0) is 16.1 Å². The van der Waals surface area contributed by atoms with Crippen molar-refractivity contribution < 1.29 is 14.4 Å². The summed E-state index contributed by atoms with van der Waals surface area (Å²) in [6.45, 7) is 0.286. The summed E-state index contributed by atoms with van der Waals surface area (Å²) >= 11 is 0. The maximum atomic E-state index is 11.7. The molecule has 1 aromatic carbocycles. The van der Waals surface area contributed by atoms with E-state index in [0.717, 1.165) is 5.56 Å². The van der Waals surface area contributed by atoms with Crippen molar-refractivity contribution >= 4 is 17.7 Å². The second kappa shape index (κ2) is 5.22. The Bertz CT molecular complexity index is 504. The summed E-state index contributed by atoms with van der Waals surface area (Å²) in [6, 6.07) is 6.97. The first-order valence-electron chi connectivity index (χ1n) is 6.13. The fourth-order valence-corrected chi connectivity index (χ4v) is 1.99. The van der Waals surface area contributed by atoms with Gasteiger partial charge in [0.05, 0.1) is 6.54 Å². The van der Waals surface area contributed by atoms with Crippen LogP contribution in [0.2, 0.25) is 0 Å². The highest BCUT2D eigenvalue weighted by Gasteiger charge is 2.28. The molecule has 1 aliphatic heterocycles. The summed E-state index contributed by atoms with van der Waals surface area (Å²) in [5.41, 5.74) is 1.44. The number of likely N-dealkylation sites (tertiary alicyclic amines) is 1. The fraction of sp³-hybridized carbons (Fsp3) is 0.357. The third-order valence-corrected chi connectivity index (χ3v) is 3.10. The van der Waals surface area contributed by atoms with Crippen LogP contribution >= 0.6 is 0 Å². The van der Waals surface area contributed by atoms with E-state index in [2.05, 4.69) is 0 Å².